The van der Waals surface area contributed by atoms with E-state index in [1.807, 2.05) is 35.2 Å². The van der Waals surface area contributed by atoms with Crippen LogP contribution in [0, 0.1) is 5.82 Å². The molecule has 0 bridgehead atoms. The molecule has 0 spiro atoms. The zero-order valence-electron chi connectivity index (χ0n) is 18.4. The molecule has 0 saturated carbocycles. The summed E-state index contributed by atoms with van der Waals surface area (Å²) < 4.78 is 13.4. The van der Waals surface area contributed by atoms with Crippen LogP contribution in [0.3, 0.4) is 0 Å². The number of nitrogens with zero attached hydrogens (tertiary/aromatic N) is 4. The standard InChI is InChI=1S/C26H26FN5O/c27-23-9-6-20(7-10-23)26(33)32(15-14-31-12-1-2-13-31)18-19-4-3-5-21(16-19)22-8-11-24-25(17-22)29-30-28-24/h3-11,16-17H,1-2,12-15,18H2,(H,28,29,30). The number of hydrogen-bond acceptors (Lipinski definition) is 4. The van der Waals surface area contributed by atoms with Crippen molar-refractivity contribution in [3.05, 3.63) is 83.7 Å². The third kappa shape index (κ3) is 4.93. The second kappa shape index (κ2) is 9.50. The average Bonchev–Trinajstić information content (AvgIpc) is 3.53. The van der Waals surface area contributed by atoms with Crippen LogP contribution in [0.4, 0.5) is 4.39 Å². The Morgan fingerprint density at radius 3 is 2.61 bits per heavy atom. The Kier molecular flexibility index (Phi) is 6.13. The summed E-state index contributed by atoms with van der Waals surface area (Å²) in [6.07, 6.45) is 2.42. The molecule has 1 aliphatic rings. The van der Waals surface area contributed by atoms with Crippen LogP contribution in [0.15, 0.2) is 66.7 Å². The molecule has 0 atom stereocenters. The SMILES string of the molecule is O=C(c1ccc(F)cc1)N(CCN1CCCC1)Cc1cccc(-c2ccc3[nH]nnc3c2)c1. The fraction of sp³-hybridized carbons (Fsp3) is 0.269. The van der Waals surface area contributed by atoms with Crippen molar-refractivity contribution in [3.63, 3.8) is 0 Å². The van der Waals surface area contributed by atoms with Gasteiger partial charge in [0.2, 0.25) is 0 Å². The van der Waals surface area contributed by atoms with Gasteiger partial charge in [-0.05, 0) is 85.1 Å². The number of H-pyrrole nitrogens is 1. The van der Waals surface area contributed by atoms with Gasteiger partial charge in [0.05, 0.1) is 5.52 Å². The predicted octanol–water partition coefficient (Wildman–Crippen LogP) is 4.50. The van der Waals surface area contributed by atoms with Crippen LogP contribution in [0.5, 0.6) is 0 Å². The lowest BCUT2D eigenvalue weighted by molar-refractivity contribution is 0.0727. The normalized spacial score (nSPS) is 14.1. The molecule has 1 aliphatic heterocycles. The lowest BCUT2D eigenvalue weighted by atomic mass is 10.0. The van der Waals surface area contributed by atoms with Crippen molar-refractivity contribution >= 4 is 16.9 Å². The average molecular weight is 444 g/mol. The second-order valence-electron chi connectivity index (χ2n) is 8.53. The molecule has 0 aliphatic carbocycles. The number of nitrogens with one attached hydrogen (secondary N) is 1. The quantitative estimate of drug-likeness (QED) is 0.457. The molecule has 1 saturated heterocycles. The van der Waals surface area contributed by atoms with E-state index in [1.54, 1.807) is 12.1 Å². The number of halogens is 1. The van der Waals surface area contributed by atoms with Crippen molar-refractivity contribution in [2.45, 2.75) is 19.4 Å². The van der Waals surface area contributed by atoms with Gasteiger partial charge < -0.3 is 9.80 Å². The van der Waals surface area contributed by atoms with E-state index < -0.39 is 0 Å². The van der Waals surface area contributed by atoms with E-state index in [2.05, 4.69) is 32.4 Å². The van der Waals surface area contributed by atoms with E-state index >= 15 is 0 Å². The number of benzene rings is 3. The fourth-order valence-electron chi connectivity index (χ4n) is 4.39. The van der Waals surface area contributed by atoms with E-state index in [1.165, 1.54) is 25.0 Å². The summed E-state index contributed by atoms with van der Waals surface area (Å²) in [6, 6.07) is 20.0. The van der Waals surface area contributed by atoms with Crippen molar-refractivity contribution in [2.24, 2.45) is 0 Å². The molecule has 6 nitrogen and oxygen atoms in total. The number of amides is 1. The first-order valence-electron chi connectivity index (χ1n) is 11.3. The van der Waals surface area contributed by atoms with Gasteiger partial charge in [0, 0.05) is 25.2 Å². The van der Waals surface area contributed by atoms with Crippen LogP contribution in [-0.4, -0.2) is 57.3 Å². The molecule has 0 radical (unpaired) electrons. The van der Waals surface area contributed by atoms with E-state index in [0.29, 0.717) is 18.7 Å². The highest BCUT2D eigenvalue weighted by atomic mass is 19.1. The van der Waals surface area contributed by atoms with Gasteiger partial charge in [-0.25, -0.2) is 4.39 Å². The molecule has 168 valence electrons. The summed E-state index contributed by atoms with van der Waals surface area (Å²) in [7, 11) is 0. The summed E-state index contributed by atoms with van der Waals surface area (Å²) in [6.45, 7) is 4.13. The molecule has 1 aromatic heterocycles. The minimum Gasteiger partial charge on any atom is -0.333 e. The van der Waals surface area contributed by atoms with E-state index in [4.69, 9.17) is 0 Å². The van der Waals surface area contributed by atoms with Gasteiger partial charge >= 0.3 is 0 Å². The van der Waals surface area contributed by atoms with Gasteiger partial charge in [0.15, 0.2) is 0 Å². The number of carbonyl (C=O) groups is 1. The highest BCUT2D eigenvalue weighted by Gasteiger charge is 2.19. The maximum Gasteiger partial charge on any atom is 0.254 e. The topological polar surface area (TPSA) is 65.1 Å². The van der Waals surface area contributed by atoms with Crippen LogP contribution in [-0.2, 0) is 6.54 Å². The Balaban J connectivity index is 1.38. The number of rotatable bonds is 7. The molecular formula is C26H26FN5O. The van der Waals surface area contributed by atoms with Gasteiger partial charge in [-0.1, -0.05) is 29.5 Å². The van der Waals surface area contributed by atoms with Crippen molar-refractivity contribution in [1.82, 2.24) is 25.2 Å². The second-order valence-corrected chi connectivity index (χ2v) is 8.53. The first kappa shape index (κ1) is 21.3. The third-order valence-corrected chi connectivity index (χ3v) is 6.22. The molecule has 1 amide bonds. The van der Waals surface area contributed by atoms with Gasteiger partial charge in [-0.15, -0.1) is 5.10 Å². The lowest BCUT2D eigenvalue weighted by Crippen LogP contribution is -2.37. The number of carbonyl (C=O) groups excluding carboxylic acids is 1. The monoisotopic (exact) mass is 443 g/mol. The number of fused-ring (bicyclic) bond motifs is 1. The first-order valence-corrected chi connectivity index (χ1v) is 11.3. The number of aromatic nitrogens is 3. The maximum atomic E-state index is 13.4. The molecule has 1 N–H and O–H groups in total. The van der Waals surface area contributed by atoms with E-state index in [9.17, 15) is 9.18 Å². The minimum atomic E-state index is -0.341. The van der Waals surface area contributed by atoms with Crippen LogP contribution < -0.4 is 0 Å². The Morgan fingerprint density at radius 2 is 1.79 bits per heavy atom. The minimum absolute atomic E-state index is 0.0800. The zero-order valence-corrected chi connectivity index (χ0v) is 18.4. The van der Waals surface area contributed by atoms with Gasteiger partial charge in [-0.2, -0.15) is 0 Å². The summed E-state index contributed by atoms with van der Waals surface area (Å²) in [5.74, 6) is -0.421. The third-order valence-electron chi connectivity index (χ3n) is 6.22. The number of likely N-dealkylation sites (tertiary alicyclic amines) is 1. The van der Waals surface area contributed by atoms with Crippen LogP contribution in [0.25, 0.3) is 22.2 Å². The summed E-state index contributed by atoms with van der Waals surface area (Å²) in [5.41, 5.74) is 5.37. The summed E-state index contributed by atoms with van der Waals surface area (Å²) in [4.78, 5) is 17.6. The smallest absolute Gasteiger partial charge is 0.254 e. The number of hydrogen-bond donors (Lipinski definition) is 1. The molecule has 0 unspecified atom stereocenters. The van der Waals surface area contributed by atoms with Crippen LogP contribution >= 0.6 is 0 Å². The van der Waals surface area contributed by atoms with Crippen molar-refractivity contribution < 1.29 is 9.18 Å². The molecule has 5 rings (SSSR count). The highest BCUT2D eigenvalue weighted by molar-refractivity contribution is 5.94. The fourth-order valence-corrected chi connectivity index (χ4v) is 4.39. The van der Waals surface area contributed by atoms with E-state index in [0.717, 1.165) is 47.4 Å². The van der Waals surface area contributed by atoms with Crippen molar-refractivity contribution in [3.8, 4) is 11.1 Å². The summed E-state index contributed by atoms with van der Waals surface area (Å²) in [5, 5.41) is 10.8. The Hall–Kier alpha value is -3.58. The summed E-state index contributed by atoms with van der Waals surface area (Å²) >= 11 is 0. The largest absolute Gasteiger partial charge is 0.333 e. The van der Waals surface area contributed by atoms with Crippen molar-refractivity contribution in [2.75, 3.05) is 26.2 Å². The van der Waals surface area contributed by atoms with E-state index in [-0.39, 0.29) is 11.7 Å². The predicted molar refractivity (Wildman–Crippen MR) is 126 cm³/mol. The lowest BCUT2D eigenvalue weighted by Gasteiger charge is -2.26. The molecule has 4 aromatic rings. The molecule has 1 fully saturated rings. The van der Waals surface area contributed by atoms with Gasteiger partial charge in [0.1, 0.15) is 11.3 Å². The highest BCUT2D eigenvalue weighted by Crippen LogP contribution is 2.24. The molecule has 7 heteroatoms. The van der Waals surface area contributed by atoms with Crippen LogP contribution in [0.1, 0.15) is 28.8 Å². The Morgan fingerprint density at radius 1 is 1.00 bits per heavy atom. The zero-order chi connectivity index (χ0) is 22.6. The molecule has 2 heterocycles. The molecule has 3 aromatic carbocycles. The molecule has 33 heavy (non-hydrogen) atoms. The van der Waals surface area contributed by atoms with Gasteiger partial charge in [-0.3, -0.25) is 9.89 Å². The first-order chi connectivity index (χ1) is 16.2. The van der Waals surface area contributed by atoms with Crippen molar-refractivity contribution in [1.29, 1.82) is 0 Å². The molecular weight excluding hydrogens is 417 g/mol. The Labute approximate surface area is 192 Å². The maximum absolute atomic E-state index is 13.4. The van der Waals surface area contributed by atoms with Crippen LogP contribution in [0.2, 0.25) is 0 Å². The number of aromatic amines is 1. The van der Waals surface area contributed by atoms with Gasteiger partial charge in [0.25, 0.3) is 5.91 Å². The Bertz CT molecular complexity index is 1250.